The van der Waals surface area contributed by atoms with Crippen molar-refractivity contribution < 1.29 is 19.0 Å². The van der Waals surface area contributed by atoms with E-state index in [2.05, 4.69) is 29.6 Å². The Labute approximate surface area is 179 Å². The molecule has 1 fully saturated rings. The molecule has 0 heterocycles. The maximum atomic E-state index is 13.1. The van der Waals surface area contributed by atoms with Crippen molar-refractivity contribution in [2.45, 2.75) is 51.9 Å². The molecule has 0 bridgehead atoms. The number of hydrogen-bond donors (Lipinski definition) is 1. The highest BCUT2D eigenvalue weighted by Crippen LogP contribution is 2.41. The first kappa shape index (κ1) is 22.0. The molecule has 5 heteroatoms. The summed E-state index contributed by atoms with van der Waals surface area (Å²) in [4.78, 5) is 13.1. The molecule has 2 aromatic carbocycles. The molecular formula is C25H33NO4. The molecule has 1 amide bonds. The van der Waals surface area contributed by atoms with Gasteiger partial charge in [0.25, 0.3) is 5.91 Å². The largest absolute Gasteiger partial charge is 0.490 e. The van der Waals surface area contributed by atoms with Crippen molar-refractivity contribution in [2.75, 3.05) is 26.4 Å². The molecule has 0 aromatic heterocycles. The molecule has 1 saturated carbocycles. The average molecular weight is 412 g/mol. The minimum atomic E-state index is -0.123. The Morgan fingerprint density at radius 1 is 0.900 bits per heavy atom. The number of ether oxygens (including phenoxy) is 3. The zero-order valence-corrected chi connectivity index (χ0v) is 18.3. The van der Waals surface area contributed by atoms with Gasteiger partial charge in [0.2, 0.25) is 5.75 Å². The summed E-state index contributed by atoms with van der Waals surface area (Å²) in [7, 11) is 0. The summed E-state index contributed by atoms with van der Waals surface area (Å²) >= 11 is 0. The molecule has 0 unspecified atom stereocenters. The van der Waals surface area contributed by atoms with Gasteiger partial charge >= 0.3 is 0 Å². The Morgan fingerprint density at radius 3 is 2.00 bits per heavy atom. The number of nitrogens with one attached hydrogen (secondary N) is 1. The first-order valence-corrected chi connectivity index (χ1v) is 11.0. The minimum Gasteiger partial charge on any atom is -0.490 e. The van der Waals surface area contributed by atoms with Crippen molar-refractivity contribution in [3.8, 4) is 17.2 Å². The Bertz CT molecular complexity index is 801. The smallest absolute Gasteiger partial charge is 0.251 e. The van der Waals surface area contributed by atoms with E-state index < -0.39 is 0 Å². The summed E-state index contributed by atoms with van der Waals surface area (Å²) in [5.74, 6) is 1.50. The van der Waals surface area contributed by atoms with E-state index in [1.165, 1.54) is 18.4 Å². The van der Waals surface area contributed by atoms with Gasteiger partial charge < -0.3 is 19.5 Å². The number of amides is 1. The maximum absolute atomic E-state index is 13.1. The van der Waals surface area contributed by atoms with Crippen molar-refractivity contribution in [3.05, 3.63) is 53.6 Å². The minimum absolute atomic E-state index is 0.00762. The van der Waals surface area contributed by atoms with Crippen LogP contribution in [0.3, 0.4) is 0 Å². The SMILES string of the molecule is CCOc1cc(C(=O)NCC2(c3ccccc3)CCCC2)cc(OCC)c1OCC. The average Bonchev–Trinajstić information content (AvgIpc) is 3.25. The zero-order valence-electron chi connectivity index (χ0n) is 18.3. The summed E-state index contributed by atoms with van der Waals surface area (Å²) < 4.78 is 17.2. The highest BCUT2D eigenvalue weighted by molar-refractivity contribution is 5.95. The second-order valence-electron chi connectivity index (χ2n) is 7.64. The monoisotopic (exact) mass is 411 g/mol. The van der Waals surface area contributed by atoms with Gasteiger partial charge in [0.05, 0.1) is 19.8 Å². The van der Waals surface area contributed by atoms with Crippen LogP contribution >= 0.6 is 0 Å². The Hall–Kier alpha value is -2.69. The molecule has 30 heavy (non-hydrogen) atoms. The molecule has 1 aliphatic rings. The summed E-state index contributed by atoms with van der Waals surface area (Å²) in [5, 5.41) is 3.18. The molecule has 0 spiro atoms. The van der Waals surface area contributed by atoms with Crippen LogP contribution in [0.4, 0.5) is 0 Å². The fourth-order valence-electron chi connectivity index (χ4n) is 4.28. The first-order chi connectivity index (χ1) is 14.6. The third kappa shape index (κ3) is 4.89. The molecule has 0 aliphatic heterocycles. The second kappa shape index (κ2) is 10.4. The number of carbonyl (C=O) groups is 1. The fraction of sp³-hybridized carbons (Fsp3) is 0.480. The van der Waals surface area contributed by atoms with E-state index in [9.17, 15) is 4.79 Å². The Kier molecular flexibility index (Phi) is 7.61. The summed E-state index contributed by atoms with van der Waals surface area (Å²) in [6.45, 7) is 7.81. The third-order valence-corrected chi connectivity index (χ3v) is 5.71. The molecular weight excluding hydrogens is 378 g/mol. The zero-order chi connectivity index (χ0) is 21.4. The fourth-order valence-corrected chi connectivity index (χ4v) is 4.28. The molecule has 1 aliphatic carbocycles. The van der Waals surface area contributed by atoms with Gasteiger partial charge in [0, 0.05) is 17.5 Å². The van der Waals surface area contributed by atoms with Gasteiger partial charge in [-0.3, -0.25) is 4.79 Å². The van der Waals surface area contributed by atoms with E-state index in [0.29, 0.717) is 49.2 Å². The highest BCUT2D eigenvalue weighted by atomic mass is 16.5. The lowest BCUT2D eigenvalue weighted by Crippen LogP contribution is -2.39. The summed E-state index contributed by atoms with van der Waals surface area (Å²) in [6, 6.07) is 14.0. The van der Waals surface area contributed by atoms with Gasteiger partial charge in [-0.25, -0.2) is 0 Å². The highest BCUT2D eigenvalue weighted by Gasteiger charge is 2.36. The predicted octanol–water partition coefficient (Wildman–Crippen LogP) is 5.12. The molecule has 2 aromatic rings. The van der Waals surface area contributed by atoms with Crippen LogP contribution in [0, 0.1) is 0 Å². The molecule has 5 nitrogen and oxygen atoms in total. The van der Waals surface area contributed by atoms with Crippen LogP contribution in [0.2, 0.25) is 0 Å². The van der Waals surface area contributed by atoms with Gasteiger partial charge in [-0.05, 0) is 51.3 Å². The number of carbonyl (C=O) groups excluding carboxylic acids is 1. The van der Waals surface area contributed by atoms with E-state index in [-0.39, 0.29) is 11.3 Å². The number of rotatable bonds is 10. The normalized spacial score (nSPS) is 14.9. The van der Waals surface area contributed by atoms with Crippen molar-refractivity contribution >= 4 is 5.91 Å². The van der Waals surface area contributed by atoms with E-state index >= 15 is 0 Å². The molecule has 1 N–H and O–H groups in total. The van der Waals surface area contributed by atoms with Crippen LogP contribution in [0.5, 0.6) is 17.2 Å². The van der Waals surface area contributed by atoms with Crippen LogP contribution in [0.25, 0.3) is 0 Å². The van der Waals surface area contributed by atoms with Crippen molar-refractivity contribution in [1.82, 2.24) is 5.32 Å². The molecule has 3 rings (SSSR count). The first-order valence-electron chi connectivity index (χ1n) is 11.0. The van der Waals surface area contributed by atoms with E-state index in [1.807, 2.05) is 26.8 Å². The second-order valence-corrected chi connectivity index (χ2v) is 7.64. The molecule has 0 saturated heterocycles. The van der Waals surface area contributed by atoms with Crippen LogP contribution in [-0.4, -0.2) is 32.3 Å². The number of hydrogen-bond acceptors (Lipinski definition) is 4. The van der Waals surface area contributed by atoms with Crippen molar-refractivity contribution in [3.63, 3.8) is 0 Å². The molecule has 0 radical (unpaired) electrons. The van der Waals surface area contributed by atoms with E-state index in [4.69, 9.17) is 14.2 Å². The lowest BCUT2D eigenvalue weighted by Gasteiger charge is -2.30. The Balaban J connectivity index is 1.83. The quantitative estimate of drug-likeness (QED) is 0.589. The summed E-state index contributed by atoms with van der Waals surface area (Å²) in [6.07, 6.45) is 4.57. The van der Waals surface area contributed by atoms with Crippen LogP contribution < -0.4 is 19.5 Å². The predicted molar refractivity (Wildman–Crippen MR) is 119 cm³/mol. The standard InChI is InChI=1S/C25H33NO4/c1-4-28-21-16-19(17-22(29-5-2)23(21)30-6-3)24(27)26-18-25(14-10-11-15-25)20-12-8-7-9-13-20/h7-9,12-13,16-17H,4-6,10-11,14-15,18H2,1-3H3,(H,26,27). The van der Waals surface area contributed by atoms with Crippen molar-refractivity contribution in [2.24, 2.45) is 0 Å². The van der Waals surface area contributed by atoms with Gasteiger partial charge in [-0.2, -0.15) is 0 Å². The molecule has 162 valence electrons. The topological polar surface area (TPSA) is 56.8 Å². The van der Waals surface area contributed by atoms with E-state index in [1.54, 1.807) is 12.1 Å². The van der Waals surface area contributed by atoms with Crippen molar-refractivity contribution in [1.29, 1.82) is 0 Å². The lowest BCUT2D eigenvalue weighted by molar-refractivity contribution is 0.0942. The van der Waals surface area contributed by atoms with Crippen LogP contribution in [0.1, 0.15) is 62.4 Å². The maximum Gasteiger partial charge on any atom is 0.251 e. The van der Waals surface area contributed by atoms with Crippen LogP contribution in [-0.2, 0) is 5.41 Å². The van der Waals surface area contributed by atoms with Crippen LogP contribution in [0.15, 0.2) is 42.5 Å². The molecule has 0 atom stereocenters. The van der Waals surface area contributed by atoms with E-state index in [0.717, 1.165) is 12.8 Å². The summed E-state index contributed by atoms with van der Waals surface area (Å²) in [5.41, 5.74) is 1.83. The van der Waals surface area contributed by atoms with Gasteiger partial charge in [0.15, 0.2) is 11.5 Å². The Morgan fingerprint density at radius 2 is 1.47 bits per heavy atom. The third-order valence-electron chi connectivity index (χ3n) is 5.71. The van der Waals surface area contributed by atoms with Gasteiger partial charge in [-0.15, -0.1) is 0 Å². The van der Waals surface area contributed by atoms with Gasteiger partial charge in [0.1, 0.15) is 0 Å². The lowest BCUT2D eigenvalue weighted by atomic mass is 9.79. The van der Waals surface area contributed by atoms with Gasteiger partial charge in [-0.1, -0.05) is 43.2 Å². The number of benzene rings is 2.